The van der Waals surface area contributed by atoms with Crippen LogP contribution in [0.25, 0.3) is 22.2 Å². The number of piperidine rings is 1. The number of carbonyl (C=O) groups excluding carboxylic acids is 1. The number of nitrogens with one attached hydrogen (secondary N) is 2. The van der Waals surface area contributed by atoms with Crippen molar-refractivity contribution >= 4 is 32.7 Å². The number of aromatic amines is 1. The van der Waals surface area contributed by atoms with Gasteiger partial charge in [-0.2, -0.15) is 0 Å². The van der Waals surface area contributed by atoms with Crippen molar-refractivity contribution in [2.24, 2.45) is 0 Å². The minimum atomic E-state index is -3.43. The topological polar surface area (TPSA) is 120 Å². The van der Waals surface area contributed by atoms with Crippen LogP contribution in [0.5, 0.6) is 0 Å². The summed E-state index contributed by atoms with van der Waals surface area (Å²) in [7, 11) is -3.43. The lowest BCUT2D eigenvalue weighted by atomic mass is 10.0. The number of aromatic nitrogens is 3. The molecular weight excluding hydrogens is 466 g/mol. The van der Waals surface area contributed by atoms with Crippen molar-refractivity contribution in [2.75, 3.05) is 24.2 Å². The van der Waals surface area contributed by atoms with E-state index >= 15 is 0 Å². The molecule has 0 unspecified atom stereocenters. The van der Waals surface area contributed by atoms with E-state index in [-0.39, 0.29) is 24.1 Å². The van der Waals surface area contributed by atoms with Gasteiger partial charge < -0.3 is 20.3 Å². The van der Waals surface area contributed by atoms with Gasteiger partial charge in [0.25, 0.3) is 5.91 Å². The van der Waals surface area contributed by atoms with Crippen molar-refractivity contribution in [3.05, 3.63) is 72.3 Å². The third-order valence-corrected chi connectivity index (χ3v) is 7.26. The number of imidazole rings is 1. The molecule has 2 aromatic carbocycles. The van der Waals surface area contributed by atoms with Gasteiger partial charge in [-0.05, 0) is 54.3 Å². The van der Waals surface area contributed by atoms with Crippen LogP contribution in [0.2, 0.25) is 0 Å². The van der Waals surface area contributed by atoms with E-state index in [9.17, 15) is 18.3 Å². The first-order valence-corrected chi connectivity index (χ1v) is 13.3. The normalized spacial score (nSPS) is 15.0. The van der Waals surface area contributed by atoms with Crippen LogP contribution in [-0.2, 0) is 16.6 Å². The smallest absolute Gasteiger partial charge is 0.253 e. The maximum absolute atomic E-state index is 12.4. The highest BCUT2D eigenvalue weighted by atomic mass is 32.2. The molecule has 1 aliphatic heterocycles. The molecule has 9 nitrogen and oxygen atoms in total. The maximum atomic E-state index is 12.4. The number of aliphatic hydroxyl groups excluding tert-OH is 1. The standard InChI is InChI=1S/C25H27N5O4S/c1-35(33,34)30-12-7-19(16-30)25(32)26-15-24-27-22-6-5-18(14-23(22)28-24)17-3-2-4-20(13-17)29-10-8-21(31)9-11-29/h2-7,12-14,16,21,31H,8-11,15H2,1H3,(H,26,32)(H,27,28). The van der Waals surface area contributed by atoms with Gasteiger partial charge in [0.05, 0.1) is 35.5 Å². The molecule has 35 heavy (non-hydrogen) atoms. The highest BCUT2D eigenvalue weighted by molar-refractivity contribution is 7.89. The Kier molecular flexibility index (Phi) is 6.08. The summed E-state index contributed by atoms with van der Waals surface area (Å²) in [5.41, 5.74) is 5.21. The lowest BCUT2D eigenvalue weighted by Crippen LogP contribution is -2.35. The van der Waals surface area contributed by atoms with Crippen LogP contribution in [0.3, 0.4) is 0 Å². The molecule has 3 heterocycles. The molecule has 1 fully saturated rings. The summed E-state index contributed by atoms with van der Waals surface area (Å²) in [5.74, 6) is 0.226. The molecule has 1 amide bonds. The fourth-order valence-corrected chi connectivity index (χ4v) is 4.90. The van der Waals surface area contributed by atoms with E-state index < -0.39 is 10.0 Å². The molecule has 10 heteroatoms. The quantitative estimate of drug-likeness (QED) is 0.380. The molecular formula is C25H27N5O4S. The van der Waals surface area contributed by atoms with Crippen molar-refractivity contribution in [3.8, 4) is 11.1 Å². The monoisotopic (exact) mass is 493 g/mol. The van der Waals surface area contributed by atoms with Crippen molar-refractivity contribution < 1.29 is 18.3 Å². The van der Waals surface area contributed by atoms with E-state index in [4.69, 9.17) is 0 Å². The third-order valence-electron chi connectivity index (χ3n) is 6.27. The van der Waals surface area contributed by atoms with E-state index in [2.05, 4.69) is 38.4 Å². The van der Waals surface area contributed by atoms with Gasteiger partial charge in [0.15, 0.2) is 0 Å². The number of hydrogen-bond acceptors (Lipinski definition) is 6. The fraction of sp³-hybridized carbons (Fsp3) is 0.280. The average Bonchev–Trinajstić information content (AvgIpc) is 3.50. The Morgan fingerprint density at radius 2 is 1.91 bits per heavy atom. The Bertz CT molecular complexity index is 1480. The van der Waals surface area contributed by atoms with Gasteiger partial charge in [-0.15, -0.1) is 0 Å². The Labute approximate surface area is 203 Å². The molecule has 3 N–H and O–H groups in total. The van der Waals surface area contributed by atoms with Crippen LogP contribution in [0.4, 0.5) is 5.69 Å². The minimum Gasteiger partial charge on any atom is -0.393 e. The molecule has 1 aliphatic rings. The largest absolute Gasteiger partial charge is 0.393 e. The summed E-state index contributed by atoms with van der Waals surface area (Å²) in [5, 5.41) is 12.6. The highest BCUT2D eigenvalue weighted by Gasteiger charge is 2.18. The zero-order valence-electron chi connectivity index (χ0n) is 19.3. The molecule has 2 aromatic heterocycles. The van der Waals surface area contributed by atoms with Crippen LogP contribution in [0.15, 0.2) is 60.9 Å². The van der Waals surface area contributed by atoms with E-state index in [1.807, 2.05) is 24.3 Å². The van der Waals surface area contributed by atoms with Crippen LogP contribution < -0.4 is 10.2 Å². The number of anilines is 1. The molecule has 0 radical (unpaired) electrons. The summed E-state index contributed by atoms with van der Waals surface area (Å²) in [6.07, 6.45) is 5.07. The second kappa shape index (κ2) is 9.20. The second-order valence-corrected chi connectivity index (χ2v) is 10.7. The molecule has 1 saturated heterocycles. The molecule has 0 spiro atoms. The predicted octanol–water partition coefficient (Wildman–Crippen LogP) is 2.73. The number of carbonyl (C=O) groups is 1. The lowest BCUT2D eigenvalue weighted by molar-refractivity contribution is 0.0950. The van der Waals surface area contributed by atoms with Gasteiger partial charge in [-0.1, -0.05) is 18.2 Å². The Morgan fingerprint density at radius 1 is 1.14 bits per heavy atom. The van der Waals surface area contributed by atoms with E-state index in [1.54, 1.807) is 0 Å². The molecule has 4 aromatic rings. The predicted molar refractivity (Wildman–Crippen MR) is 135 cm³/mol. The molecule has 0 saturated carbocycles. The highest BCUT2D eigenvalue weighted by Crippen LogP contribution is 2.28. The number of amides is 1. The third kappa shape index (κ3) is 5.08. The molecule has 0 atom stereocenters. The van der Waals surface area contributed by atoms with Gasteiger partial charge >= 0.3 is 0 Å². The Morgan fingerprint density at radius 3 is 2.66 bits per heavy atom. The van der Waals surface area contributed by atoms with E-state index in [1.165, 1.54) is 18.5 Å². The Hall–Kier alpha value is -3.63. The van der Waals surface area contributed by atoms with Crippen molar-refractivity contribution in [1.29, 1.82) is 0 Å². The van der Waals surface area contributed by atoms with Crippen molar-refractivity contribution in [3.63, 3.8) is 0 Å². The number of H-pyrrole nitrogens is 1. The van der Waals surface area contributed by atoms with Crippen LogP contribution in [-0.4, -0.2) is 58.8 Å². The number of fused-ring (bicyclic) bond motifs is 1. The summed E-state index contributed by atoms with van der Waals surface area (Å²) in [4.78, 5) is 22.5. The Balaban J connectivity index is 1.29. The average molecular weight is 494 g/mol. The number of rotatable bonds is 6. The second-order valence-electron chi connectivity index (χ2n) is 8.86. The van der Waals surface area contributed by atoms with Crippen molar-refractivity contribution in [2.45, 2.75) is 25.5 Å². The number of benzene rings is 2. The molecule has 5 rings (SSSR count). The van der Waals surface area contributed by atoms with Crippen LogP contribution in [0.1, 0.15) is 29.0 Å². The van der Waals surface area contributed by atoms with Gasteiger partial charge in [0.2, 0.25) is 10.0 Å². The maximum Gasteiger partial charge on any atom is 0.253 e. The zero-order valence-corrected chi connectivity index (χ0v) is 20.1. The first-order chi connectivity index (χ1) is 16.8. The van der Waals surface area contributed by atoms with Crippen LogP contribution >= 0.6 is 0 Å². The molecule has 0 bridgehead atoms. The van der Waals surface area contributed by atoms with E-state index in [0.717, 1.165) is 64.0 Å². The van der Waals surface area contributed by atoms with Gasteiger partial charge in [0, 0.05) is 31.2 Å². The lowest BCUT2D eigenvalue weighted by Gasteiger charge is -2.31. The van der Waals surface area contributed by atoms with Crippen LogP contribution in [0, 0.1) is 0 Å². The fourth-order valence-electron chi connectivity index (χ4n) is 4.32. The van der Waals surface area contributed by atoms with Crippen molar-refractivity contribution in [1.82, 2.24) is 19.3 Å². The first kappa shape index (κ1) is 23.1. The summed E-state index contributed by atoms with van der Waals surface area (Å²) in [6, 6.07) is 15.9. The first-order valence-electron chi connectivity index (χ1n) is 11.4. The van der Waals surface area contributed by atoms with Gasteiger partial charge in [0.1, 0.15) is 5.82 Å². The number of hydrogen-bond donors (Lipinski definition) is 3. The zero-order chi connectivity index (χ0) is 24.6. The van der Waals surface area contributed by atoms with Gasteiger partial charge in [-0.3, -0.25) is 8.77 Å². The van der Waals surface area contributed by atoms with E-state index in [0.29, 0.717) is 5.82 Å². The summed E-state index contributed by atoms with van der Waals surface area (Å²) >= 11 is 0. The van der Waals surface area contributed by atoms with Gasteiger partial charge in [-0.25, -0.2) is 13.4 Å². The summed E-state index contributed by atoms with van der Waals surface area (Å²) in [6.45, 7) is 1.87. The number of nitrogens with zero attached hydrogens (tertiary/aromatic N) is 3. The number of aliphatic hydroxyl groups is 1. The molecule has 182 valence electrons. The SMILES string of the molecule is CS(=O)(=O)n1ccc(C(=O)NCc2nc3ccc(-c4cccc(N5CCC(O)CC5)c4)cc3[nH]2)c1. The molecule has 0 aliphatic carbocycles. The summed E-state index contributed by atoms with van der Waals surface area (Å²) < 4.78 is 24.2. The minimum absolute atomic E-state index is 0.184.